The summed E-state index contributed by atoms with van der Waals surface area (Å²) < 4.78 is 4.94. The lowest BCUT2D eigenvalue weighted by atomic mass is 9.82. The second-order valence-corrected chi connectivity index (χ2v) is 12.5. The van der Waals surface area contributed by atoms with Crippen LogP contribution in [0, 0.1) is 0 Å². The molecule has 0 radical (unpaired) electrons. The van der Waals surface area contributed by atoms with Crippen LogP contribution in [0.2, 0.25) is 0 Å². The van der Waals surface area contributed by atoms with Crippen molar-refractivity contribution in [3.63, 3.8) is 0 Å². The number of nitrogens with one attached hydrogen (secondary N) is 2. The topological polar surface area (TPSA) is 80.8 Å². The fraction of sp³-hybridized carbons (Fsp3) is 0.432. The Kier molecular flexibility index (Phi) is 11.1. The first-order valence-corrected chi connectivity index (χ1v) is 16.1. The Hall–Kier alpha value is -3.65. The Morgan fingerprint density at radius 3 is 2.25 bits per heavy atom. The van der Waals surface area contributed by atoms with Crippen LogP contribution >= 0.6 is 0 Å². The number of amides is 1. The Bertz CT molecular complexity index is 1410. The Morgan fingerprint density at radius 1 is 0.955 bits per heavy atom. The van der Waals surface area contributed by atoms with E-state index in [-0.39, 0.29) is 12.1 Å². The van der Waals surface area contributed by atoms with Gasteiger partial charge in [-0.15, -0.1) is 0 Å². The van der Waals surface area contributed by atoms with Gasteiger partial charge in [0.05, 0.1) is 6.04 Å². The first-order chi connectivity index (χ1) is 21.4. The summed E-state index contributed by atoms with van der Waals surface area (Å²) in [4.78, 5) is 19.1. The quantitative estimate of drug-likeness (QED) is 0.195. The molecule has 0 aliphatic carbocycles. The number of hydrogen-bond donors (Lipinski definition) is 3. The van der Waals surface area contributed by atoms with Crippen LogP contribution in [0.15, 0.2) is 85.1 Å². The average molecular weight is 597 g/mol. The largest absolute Gasteiger partial charge is 0.447 e. The summed E-state index contributed by atoms with van der Waals surface area (Å²) in [6.07, 6.45) is 9.41. The molecule has 2 fully saturated rings. The van der Waals surface area contributed by atoms with Gasteiger partial charge in [-0.3, -0.25) is 0 Å². The molecular formula is C37H48N4O3. The van der Waals surface area contributed by atoms with Gasteiger partial charge in [0.25, 0.3) is 0 Å². The van der Waals surface area contributed by atoms with Crippen molar-refractivity contribution in [3.8, 4) is 0 Å². The maximum absolute atomic E-state index is 11.5. The van der Waals surface area contributed by atoms with Crippen LogP contribution in [0.5, 0.6) is 0 Å². The molecule has 0 spiro atoms. The number of carbonyl (C=O) groups excluding carboxylic acids is 1. The normalized spacial score (nSPS) is 17.3. The van der Waals surface area contributed by atoms with Gasteiger partial charge in [0.1, 0.15) is 12.2 Å². The molecule has 0 saturated carbocycles. The van der Waals surface area contributed by atoms with Crippen LogP contribution in [-0.4, -0.2) is 78.9 Å². The van der Waals surface area contributed by atoms with Crippen molar-refractivity contribution in [1.82, 2.24) is 20.1 Å². The number of fused-ring (bicyclic) bond motifs is 1. The van der Waals surface area contributed by atoms with Crippen molar-refractivity contribution in [1.29, 1.82) is 0 Å². The highest BCUT2D eigenvalue weighted by molar-refractivity contribution is 5.84. The summed E-state index contributed by atoms with van der Waals surface area (Å²) in [5.41, 5.74) is 4.82. The van der Waals surface area contributed by atoms with E-state index in [1.165, 1.54) is 54.4 Å². The van der Waals surface area contributed by atoms with Crippen molar-refractivity contribution in [3.05, 3.63) is 107 Å². The van der Waals surface area contributed by atoms with Crippen LogP contribution in [0.1, 0.15) is 54.4 Å². The summed E-state index contributed by atoms with van der Waals surface area (Å²) in [7, 11) is 4.17. The maximum atomic E-state index is 11.5. The Morgan fingerprint density at radius 2 is 1.64 bits per heavy atom. The van der Waals surface area contributed by atoms with Crippen molar-refractivity contribution in [2.45, 2.75) is 56.6 Å². The van der Waals surface area contributed by atoms with E-state index in [9.17, 15) is 9.90 Å². The SMILES string of the molecule is CN(C)CCc1c[nH]c2ccc(C[C@H]3COC(=O)N3)cc12.OC(CCCN1CCCCC1)(c1ccccc1)c1ccccc1. The molecule has 1 amide bonds. The molecule has 44 heavy (non-hydrogen) atoms. The highest BCUT2D eigenvalue weighted by Gasteiger charge is 2.31. The van der Waals surface area contributed by atoms with Crippen LogP contribution in [0.25, 0.3) is 10.9 Å². The number of aliphatic hydroxyl groups is 1. The minimum atomic E-state index is -0.891. The van der Waals surface area contributed by atoms with E-state index in [0.717, 1.165) is 49.9 Å². The lowest BCUT2D eigenvalue weighted by Gasteiger charge is -2.32. The van der Waals surface area contributed by atoms with E-state index >= 15 is 0 Å². The van der Waals surface area contributed by atoms with E-state index < -0.39 is 5.60 Å². The number of likely N-dealkylation sites (tertiary alicyclic amines) is 1. The van der Waals surface area contributed by atoms with Gasteiger partial charge in [0.15, 0.2) is 0 Å². The molecule has 7 nitrogen and oxygen atoms in total. The predicted octanol–water partition coefficient (Wildman–Crippen LogP) is 6.11. The van der Waals surface area contributed by atoms with Gasteiger partial charge in [-0.2, -0.15) is 0 Å². The highest BCUT2D eigenvalue weighted by Crippen LogP contribution is 2.34. The first-order valence-electron chi connectivity index (χ1n) is 16.1. The average Bonchev–Trinajstić information content (AvgIpc) is 3.66. The summed E-state index contributed by atoms with van der Waals surface area (Å²) in [6, 6.07) is 26.7. The van der Waals surface area contributed by atoms with E-state index in [2.05, 4.69) is 58.6 Å². The van der Waals surface area contributed by atoms with Crippen molar-refractivity contribution in [2.75, 3.05) is 46.9 Å². The monoisotopic (exact) mass is 596 g/mol. The molecule has 0 unspecified atom stereocenters. The number of cyclic esters (lactones) is 1. The zero-order chi connectivity index (χ0) is 30.8. The molecule has 1 atom stereocenters. The number of alkyl carbamates (subject to hydrolysis) is 1. The molecule has 7 heteroatoms. The van der Waals surface area contributed by atoms with Gasteiger partial charge in [-0.1, -0.05) is 73.2 Å². The second-order valence-electron chi connectivity index (χ2n) is 12.5. The molecule has 1 aromatic heterocycles. The molecule has 3 aromatic carbocycles. The van der Waals surface area contributed by atoms with Gasteiger partial charge in [-0.25, -0.2) is 4.79 Å². The minimum Gasteiger partial charge on any atom is -0.447 e. The molecule has 6 rings (SSSR count). The molecule has 234 valence electrons. The number of aromatic amines is 1. The first kappa shape index (κ1) is 31.8. The summed E-state index contributed by atoms with van der Waals surface area (Å²) in [5, 5.41) is 15.6. The highest BCUT2D eigenvalue weighted by atomic mass is 16.6. The number of piperidine rings is 1. The zero-order valence-corrected chi connectivity index (χ0v) is 26.3. The van der Waals surface area contributed by atoms with Crippen molar-refractivity contribution >= 4 is 17.0 Å². The second kappa shape index (κ2) is 15.4. The smallest absolute Gasteiger partial charge is 0.407 e. The molecule has 2 aliphatic heterocycles. The number of nitrogens with zero attached hydrogens (tertiary/aromatic N) is 2. The van der Waals surface area contributed by atoms with Crippen molar-refractivity contribution < 1.29 is 14.6 Å². The lowest BCUT2D eigenvalue weighted by molar-refractivity contribution is 0.0638. The third-order valence-corrected chi connectivity index (χ3v) is 8.84. The summed E-state index contributed by atoms with van der Waals surface area (Å²) in [5.74, 6) is 0. The van der Waals surface area contributed by atoms with Gasteiger partial charge >= 0.3 is 6.09 Å². The molecule has 3 N–H and O–H groups in total. The van der Waals surface area contributed by atoms with Gasteiger partial charge in [-0.05, 0) is 107 Å². The fourth-order valence-corrected chi connectivity index (χ4v) is 6.35. The van der Waals surface area contributed by atoms with Gasteiger partial charge < -0.3 is 29.9 Å². The minimum absolute atomic E-state index is 0.0825. The van der Waals surface area contributed by atoms with Crippen LogP contribution in [0.4, 0.5) is 4.79 Å². The number of aromatic nitrogens is 1. The Balaban J connectivity index is 0.000000175. The van der Waals surface area contributed by atoms with E-state index in [0.29, 0.717) is 6.61 Å². The lowest BCUT2D eigenvalue weighted by Crippen LogP contribution is -2.33. The number of carbonyl (C=O) groups is 1. The third kappa shape index (κ3) is 8.50. The summed E-state index contributed by atoms with van der Waals surface area (Å²) in [6.45, 7) is 5.01. The third-order valence-electron chi connectivity index (χ3n) is 8.84. The standard InChI is InChI=1S/C21H27NO.C16H21N3O2/c23-21(19-11-4-1-5-12-19,20-13-6-2-7-14-20)15-10-18-22-16-8-3-9-17-22;1-19(2)6-5-12-9-17-15-4-3-11(8-14(12)15)7-13-10-21-16(20)18-13/h1-2,4-7,11-14,23H,3,8-10,15-18H2;3-4,8-9,13,17H,5-7,10H2,1-2H3,(H,18,20)/t;13-/m.0/s1. The number of rotatable bonds is 11. The van der Waals surface area contributed by atoms with Crippen LogP contribution < -0.4 is 5.32 Å². The maximum Gasteiger partial charge on any atom is 0.407 e. The molecule has 2 saturated heterocycles. The fourth-order valence-electron chi connectivity index (χ4n) is 6.35. The molecule has 3 heterocycles. The van der Waals surface area contributed by atoms with E-state index in [1.807, 2.05) is 60.7 Å². The number of hydrogen-bond acceptors (Lipinski definition) is 5. The number of ether oxygens (including phenoxy) is 1. The van der Waals surface area contributed by atoms with Gasteiger partial charge in [0.2, 0.25) is 0 Å². The zero-order valence-electron chi connectivity index (χ0n) is 26.3. The van der Waals surface area contributed by atoms with E-state index in [1.54, 1.807) is 0 Å². The molecular weight excluding hydrogens is 548 g/mol. The number of benzene rings is 3. The molecule has 4 aromatic rings. The Labute approximate surface area is 262 Å². The predicted molar refractivity (Wildman–Crippen MR) is 178 cm³/mol. The number of H-pyrrole nitrogens is 1. The molecule has 2 aliphatic rings. The molecule has 0 bridgehead atoms. The summed E-state index contributed by atoms with van der Waals surface area (Å²) >= 11 is 0. The van der Waals surface area contributed by atoms with E-state index in [4.69, 9.17) is 4.74 Å². The number of likely N-dealkylation sites (N-methyl/N-ethyl adjacent to an activating group) is 1. The van der Waals surface area contributed by atoms with Crippen molar-refractivity contribution in [2.24, 2.45) is 0 Å². The van der Waals surface area contributed by atoms with Crippen LogP contribution in [0.3, 0.4) is 0 Å². The van der Waals surface area contributed by atoms with Crippen LogP contribution in [-0.2, 0) is 23.2 Å². The van der Waals surface area contributed by atoms with Gasteiger partial charge in [0, 0.05) is 23.6 Å².